The number of carbonyl (C=O) groups is 1. The maximum Gasteiger partial charge on any atom is 0.280 e. The number of ether oxygens (including phenoxy) is 1. The standard InChI is InChI=1S/C26H27F3N6O2S/c1-14(38-24(33-30)7-6-15-4-5-15)32-26(36)18-11-20(27)19(21-8-9-35(2)34-21)10-16(18)17-12-22(25(28)29)31-13-23(17)37-3/h8-15,24-25,33H,4-5,30H2,1-3H3,(H,32,36). The number of hydrogen-bond donors (Lipinski definition) is 3. The fourth-order valence-corrected chi connectivity index (χ4v) is 4.53. The molecule has 8 nitrogen and oxygen atoms in total. The fourth-order valence-electron chi connectivity index (χ4n) is 3.73. The van der Waals surface area contributed by atoms with Gasteiger partial charge in [-0.25, -0.2) is 18.6 Å². The summed E-state index contributed by atoms with van der Waals surface area (Å²) in [6.45, 7) is 1.74. The molecular weight excluding hydrogens is 517 g/mol. The molecule has 1 saturated carbocycles. The second-order valence-corrected chi connectivity index (χ2v) is 10.2. The minimum Gasteiger partial charge on any atom is -0.494 e. The molecule has 2 heterocycles. The van der Waals surface area contributed by atoms with Crippen LogP contribution in [-0.2, 0) is 7.05 Å². The summed E-state index contributed by atoms with van der Waals surface area (Å²) >= 11 is 1.28. The smallest absolute Gasteiger partial charge is 0.280 e. The van der Waals surface area contributed by atoms with E-state index in [1.807, 2.05) is 0 Å². The SMILES string of the molecule is COc1cnc(C(F)F)cc1-c1cc(-c2ccn(C)n2)c(F)cc1C(=O)NC(C)SC(C#CC1CC1)NN. The third-order valence-electron chi connectivity index (χ3n) is 5.79. The van der Waals surface area contributed by atoms with Crippen LogP contribution in [0.5, 0.6) is 5.75 Å². The molecule has 12 heteroatoms. The van der Waals surface area contributed by atoms with Gasteiger partial charge in [0.15, 0.2) is 0 Å². The predicted molar refractivity (Wildman–Crippen MR) is 139 cm³/mol. The number of methoxy groups -OCH3 is 1. The number of benzene rings is 1. The van der Waals surface area contributed by atoms with E-state index in [0.717, 1.165) is 31.2 Å². The fraction of sp³-hybridized carbons (Fsp3) is 0.346. The van der Waals surface area contributed by atoms with Gasteiger partial charge in [0.05, 0.1) is 29.9 Å². The van der Waals surface area contributed by atoms with Crippen molar-refractivity contribution in [3.63, 3.8) is 0 Å². The van der Waals surface area contributed by atoms with E-state index in [4.69, 9.17) is 10.6 Å². The number of aryl methyl sites for hydroxylation is 1. The number of nitrogens with one attached hydrogen (secondary N) is 2. The summed E-state index contributed by atoms with van der Waals surface area (Å²) < 4.78 is 49.2. The van der Waals surface area contributed by atoms with Gasteiger partial charge in [0, 0.05) is 30.3 Å². The van der Waals surface area contributed by atoms with E-state index in [9.17, 15) is 13.6 Å². The van der Waals surface area contributed by atoms with Crippen molar-refractivity contribution in [2.75, 3.05) is 7.11 Å². The molecule has 4 rings (SSSR count). The first-order valence-electron chi connectivity index (χ1n) is 11.8. The van der Waals surface area contributed by atoms with Crippen molar-refractivity contribution in [1.29, 1.82) is 0 Å². The summed E-state index contributed by atoms with van der Waals surface area (Å²) in [5.74, 6) is 11.0. The van der Waals surface area contributed by atoms with Crippen molar-refractivity contribution < 1.29 is 22.7 Å². The highest BCUT2D eigenvalue weighted by Crippen LogP contribution is 2.38. The number of nitrogens with zero attached hydrogens (tertiary/aromatic N) is 3. The monoisotopic (exact) mass is 544 g/mol. The Hall–Kier alpha value is -3.53. The number of hydrogen-bond acceptors (Lipinski definition) is 7. The van der Waals surface area contributed by atoms with Crippen molar-refractivity contribution in [3.8, 4) is 40.0 Å². The Morgan fingerprint density at radius 1 is 1.26 bits per heavy atom. The normalized spacial score (nSPS) is 14.5. The molecule has 1 amide bonds. The highest BCUT2D eigenvalue weighted by molar-refractivity contribution is 8.00. The molecule has 38 heavy (non-hydrogen) atoms. The lowest BCUT2D eigenvalue weighted by Crippen LogP contribution is -2.37. The Balaban J connectivity index is 1.73. The zero-order chi connectivity index (χ0) is 27.4. The van der Waals surface area contributed by atoms with E-state index in [0.29, 0.717) is 11.6 Å². The molecule has 1 fully saturated rings. The van der Waals surface area contributed by atoms with Crippen molar-refractivity contribution in [1.82, 2.24) is 25.5 Å². The minimum absolute atomic E-state index is 0.0688. The van der Waals surface area contributed by atoms with Crippen LogP contribution < -0.4 is 21.3 Å². The van der Waals surface area contributed by atoms with E-state index in [1.165, 1.54) is 29.6 Å². The first-order chi connectivity index (χ1) is 18.2. The molecule has 2 unspecified atom stereocenters. The molecule has 3 aromatic rings. The molecule has 1 aromatic carbocycles. The van der Waals surface area contributed by atoms with Crippen LogP contribution in [0.4, 0.5) is 13.2 Å². The van der Waals surface area contributed by atoms with Crippen LogP contribution in [0.25, 0.3) is 22.4 Å². The van der Waals surface area contributed by atoms with Gasteiger partial charge < -0.3 is 10.1 Å². The van der Waals surface area contributed by atoms with Gasteiger partial charge in [0.25, 0.3) is 12.3 Å². The molecule has 0 spiro atoms. The number of aromatic nitrogens is 3. The van der Waals surface area contributed by atoms with Gasteiger partial charge in [-0.3, -0.25) is 20.3 Å². The summed E-state index contributed by atoms with van der Waals surface area (Å²) in [5.41, 5.74) is 2.79. The van der Waals surface area contributed by atoms with Crippen LogP contribution in [0.2, 0.25) is 0 Å². The van der Waals surface area contributed by atoms with Crippen molar-refractivity contribution in [2.24, 2.45) is 18.8 Å². The zero-order valence-electron chi connectivity index (χ0n) is 21.0. The van der Waals surface area contributed by atoms with Gasteiger partial charge in [0.2, 0.25) is 0 Å². The van der Waals surface area contributed by atoms with E-state index in [2.05, 4.69) is 32.7 Å². The van der Waals surface area contributed by atoms with Crippen LogP contribution >= 0.6 is 11.8 Å². The largest absolute Gasteiger partial charge is 0.494 e. The molecule has 0 aliphatic heterocycles. The van der Waals surface area contributed by atoms with Gasteiger partial charge in [0.1, 0.15) is 22.6 Å². The van der Waals surface area contributed by atoms with Gasteiger partial charge in [-0.15, -0.1) is 11.8 Å². The molecule has 2 atom stereocenters. The molecule has 200 valence electrons. The second-order valence-electron chi connectivity index (χ2n) is 8.72. The molecular formula is C26H27F3N6O2S. The molecule has 2 aromatic heterocycles. The molecule has 0 saturated heterocycles. The van der Waals surface area contributed by atoms with Gasteiger partial charge in [-0.2, -0.15) is 5.10 Å². The number of hydrazine groups is 1. The Labute approximate surface area is 222 Å². The lowest BCUT2D eigenvalue weighted by atomic mass is 9.94. The number of pyridine rings is 1. The lowest BCUT2D eigenvalue weighted by Gasteiger charge is -2.20. The second kappa shape index (κ2) is 11.9. The maximum absolute atomic E-state index is 15.3. The molecule has 1 aliphatic carbocycles. The Bertz CT molecular complexity index is 1380. The topological polar surface area (TPSA) is 107 Å². The van der Waals surface area contributed by atoms with Crippen molar-refractivity contribution >= 4 is 17.7 Å². The first-order valence-corrected chi connectivity index (χ1v) is 12.7. The Kier molecular flexibility index (Phi) is 8.61. The highest BCUT2D eigenvalue weighted by Gasteiger charge is 2.25. The number of halogens is 3. The molecule has 4 N–H and O–H groups in total. The average Bonchev–Trinajstić information content (AvgIpc) is 3.63. The number of carbonyl (C=O) groups excluding carboxylic acids is 1. The third-order valence-corrected chi connectivity index (χ3v) is 6.84. The number of rotatable bonds is 9. The number of nitrogens with two attached hydrogens (primary N) is 1. The first kappa shape index (κ1) is 27.5. The quantitative estimate of drug-likeness (QED) is 0.160. The average molecular weight is 545 g/mol. The minimum atomic E-state index is -2.86. The predicted octanol–water partition coefficient (Wildman–Crippen LogP) is 4.25. The number of thioether (sulfide) groups is 1. The Morgan fingerprint density at radius 3 is 2.63 bits per heavy atom. The third kappa shape index (κ3) is 6.48. The zero-order valence-corrected chi connectivity index (χ0v) is 21.8. The van der Waals surface area contributed by atoms with Crippen molar-refractivity contribution in [3.05, 3.63) is 53.7 Å². The molecule has 0 bridgehead atoms. The van der Waals surface area contributed by atoms with E-state index < -0.39 is 34.6 Å². The number of amides is 1. The van der Waals surface area contributed by atoms with E-state index in [1.54, 1.807) is 26.2 Å². The van der Waals surface area contributed by atoms with E-state index in [-0.39, 0.29) is 28.0 Å². The summed E-state index contributed by atoms with van der Waals surface area (Å²) in [5, 5.41) is 6.15. The van der Waals surface area contributed by atoms with E-state index >= 15 is 4.39 Å². The maximum atomic E-state index is 15.3. The van der Waals surface area contributed by atoms with Crippen LogP contribution in [0.1, 0.15) is 42.2 Å². The highest BCUT2D eigenvalue weighted by atomic mass is 32.2. The van der Waals surface area contributed by atoms with Gasteiger partial charge in [-0.05, 0) is 49.6 Å². The van der Waals surface area contributed by atoms with Crippen LogP contribution in [0.15, 0.2) is 36.7 Å². The lowest BCUT2D eigenvalue weighted by molar-refractivity contribution is 0.0952. The molecule has 0 radical (unpaired) electrons. The molecule has 1 aliphatic rings. The van der Waals surface area contributed by atoms with Crippen LogP contribution in [-0.4, -0.2) is 38.5 Å². The van der Waals surface area contributed by atoms with Crippen LogP contribution in [0, 0.1) is 23.6 Å². The summed E-state index contributed by atoms with van der Waals surface area (Å²) in [4.78, 5) is 17.2. The number of alkyl halides is 2. The summed E-state index contributed by atoms with van der Waals surface area (Å²) in [7, 11) is 3.04. The summed E-state index contributed by atoms with van der Waals surface area (Å²) in [6.07, 6.45) is 2.06. The van der Waals surface area contributed by atoms with Crippen LogP contribution in [0.3, 0.4) is 0 Å². The van der Waals surface area contributed by atoms with Crippen molar-refractivity contribution in [2.45, 2.75) is 36.9 Å². The van der Waals surface area contributed by atoms with Gasteiger partial charge in [-0.1, -0.05) is 11.8 Å². The Morgan fingerprint density at radius 2 is 2.03 bits per heavy atom. The summed E-state index contributed by atoms with van der Waals surface area (Å²) in [6, 6.07) is 5.22. The van der Waals surface area contributed by atoms with Gasteiger partial charge >= 0.3 is 0 Å².